The number of aryl methyl sites for hydroxylation is 1. The van der Waals surface area contributed by atoms with E-state index in [0.717, 1.165) is 16.7 Å². The summed E-state index contributed by atoms with van der Waals surface area (Å²) in [5, 5.41) is 4.60. The fraction of sp³-hybridized carbons (Fsp3) is 0.250. The minimum atomic E-state index is -0.218. The van der Waals surface area contributed by atoms with Crippen molar-refractivity contribution in [3.8, 4) is 0 Å². The van der Waals surface area contributed by atoms with Gasteiger partial charge in [-0.05, 0) is 54.8 Å². The lowest BCUT2D eigenvalue weighted by Gasteiger charge is -2.17. The average molecular weight is 312 g/mol. The lowest BCUT2D eigenvalue weighted by atomic mass is 10.1. The predicted molar refractivity (Wildman–Crippen MR) is 82.9 cm³/mol. The molecule has 2 rings (SSSR count). The van der Waals surface area contributed by atoms with Gasteiger partial charge in [0.1, 0.15) is 5.82 Å². The second-order valence-electron chi connectivity index (χ2n) is 4.84. The molecule has 0 saturated heterocycles. The van der Waals surface area contributed by atoms with Crippen molar-refractivity contribution in [2.24, 2.45) is 0 Å². The van der Waals surface area contributed by atoms with E-state index in [0.29, 0.717) is 16.6 Å². The van der Waals surface area contributed by atoms with Crippen molar-refractivity contribution < 1.29 is 4.39 Å². The first-order valence-corrected chi connectivity index (χ1v) is 7.16. The van der Waals surface area contributed by atoms with Gasteiger partial charge in [-0.15, -0.1) is 0 Å². The van der Waals surface area contributed by atoms with Crippen LogP contribution in [0.1, 0.15) is 29.7 Å². The van der Waals surface area contributed by atoms with Crippen molar-refractivity contribution in [3.63, 3.8) is 0 Å². The average Bonchev–Trinajstić information content (AvgIpc) is 2.39. The lowest BCUT2D eigenvalue weighted by molar-refractivity contribution is 0.568. The third-order valence-corrected chi connectivity index (χ3v) is 3.90. The van der Waals surface area contributed by atoms with Gasteiger partial charge in [-0.3, -0.25) is 0 Å². The molecule has 1 N–H and O–H groups in total. The summed E-state index contributed by atoms with van der Waals surface area (Å²) in [4.78, 5) is 0. The number of halogens is 3. The minimum Gasteiger partial charge on any atom is -0.306 e. The van der Waals surface area contributed by atoms with Crippen molar-refractivity contribution in [1.82, 2.24) is 5.32 Å². The van der Waals surface area contributed by atoms with Gasteiger partial charge in [0.05, 0.1) is 0 Å². The first-order valence-electron chi connectivity index (χ1n) is 6.40. The van der Waals surface area contributed by atoms with E-state index in [-0.39, 0.29) is 11.9 Å². The molecule has 0 radical (unpaired) electrons. The Bertz CT molecular complexity index is 613. The molecule has 2 aromatic carbocycles. The minimum absolute atomic E-state index is 0.0578. The van der Waals surface area contributed by atoms with Crippen LogP contribution in [0.4, 0.5) is 4.39 Å². The number of nitrogens with one attached hydrogen (secondary N) is 1. The van der Waals surface area contributed by atoms with Crippen molar-refractivity contribution >= 4 is 23.2 Å². The third-order valence-electron chi connectivity index (χ3n) is 3.34. The predicted octanol–water partition coefficient (Wildman–Crippen LogP) is 5.29. The van der Waals surface area contributed by atoms with Gasteiger partial charge in [-0.1, -0.05) is 35.3 Å². The van der Waals surface area contributed by atoms with Gasteiger partial charge in [-0.2, -0.15) is 0 Å². The number of hydrogen-bond donors (Lipinski definition) is 1. The molecule has 1 atom stereocenters. The van der Waals surface area contributed by atoms with Crippen LogP contribution in [-0.2, 0) is 6.54 Å². The Hall–Kier alpha value is -1.09. The molecule has 0 amide bonds. The van der Waals surface area contributed by atoms with E-state index in [9.17, 15) is 4.39 Å². The summed E-state index contributed by atoms with van der Waals surface area (Å²) < 4.78 is 13.2. The highest BCUT2D eigenvalue weighted by atomic mass is 35.5. The molecular formula is C16H16Cl2FN. The number of benzene rings is 2. The second-order valence-corrected chi connectivity index (χ2v) is 5.68. The van der Waals surface area contributed by atoms with Crippen LogP contribution in [-0.4, -0.2) is 0 Å². The van der Waals surface area contributed by atoms with E-state index in [1.54, 1.807) is 18.2 Å². The van der Waals surface area contributed by atoms with E-state index in [4.69, 9.17) is 23.2 Å². The molecule has 0 aliphatic heterocycles. The molecule has 0 aliphatic carbocycles. The molecule has 20 heavy (non-hydrogen) atoms. The van der Waals surface area contributed by atoms with Crippen LogP contribution < -0.4 is 5.32 Å². The zero-order valence-electron chi connectivity index (χ0n) is 11.4. The lowest BCUT2D eigenvalue weighted by Crippen LogP contribution is -2.19. The first-order chi connectivity index (χ1) is 9.47. The first kappa shape index (κ1) is 15.3. The topological polar surface area (TPSA) is 12.0 Å². The van der Waals surface area contributed by atoms with Crippen molar-refractivity contribution in [2.75, 3.05) is 0 Å². The van der Waals surface area contributed by atoms with Gasteiger partial charge >= 0.3 is 0 Å². The van der Waals surface area contributed by atoms with Crippen LogP contribution in [0.3, 0.4) is 0 Å². The van der Waals surface area contributed by atoms with Gasteiger partial charge in [-0.25, -0.2) is 4.39 Å². The smallest absolute Gasteiger partial charge is 0.123 e. The summed E-state index contributed by atoms with van der Waals surface area (Å²) in [5.74, 6) is -0.218. The molecule has 0 bridgehead atoms. The molecule has 1 nitrogen and oxygen atoms in total. The summed E-state index contributed by atoms with van der Waals surface area (Å²) in [6.45, 7) is 4.57. The SMILES string of the molecule is Cc1ccc(F)cc1CNC(C)c1ccc(Cl)cc1Cl. The highest BCUT2D eigenvalue weighted by Crippen LogP contribution is 2.26. The van der Waals surface area contributed by atoms with Crippen molar-refractivity contribution in [2.45, 2.75) is 26.4 Å². The van der Waals surface area contributed by atoms with E-state index < -0.39 is 0 Å². The standard InChI is InChI=1S/C16H16Cl2FN/c1-10-3-5-14(19)7-12(10)9-20-11(2)15-6-4-13(17)8-16(15)18/h3-8,11,20H,9H2,1-2H3. The largest absolute Gasteiger partial charge is 0.306 e. The molecule has 106 valence electrons. The van der Waals surface area contributed by atoms with Gasteiger partial charge < -0.3 is 5.32 Å². The molecule has 0 aromatic heterocycles. The Morgan fingerprint density at radius 2 is 1.90 bits per heavy atom. The summed E-state index contributed by atoms with van der Waals surface area (Å²) in [5.41, 5.74) is 2.99. The van der Waals surface area contributed by atoms with Gasteiger partial charge in [0.15, 0.2) is 0 Å². The molecule has 0 spiro atoms. The van der Waals surface area contributed by atoms with Gasteiger partial charge in [0.2, 0.25) is 0 Å². The Morgan fingerprint density at radius 3 is 2.60 bits per heavy atom. The van der Waals surface area contributed by atoms with Crippen LogP contribution in [0.5, 0.6) is 0 Å². The zero-order valence-corrected chi connectivity index (χ0v) is 12.9. The van der Waals surface area contributed by atoms with E-state index in [1.165, 1.54) is 6.07 Å². The summed E-state index contributed by atoms with van der Waals surface area (Å²) in [6.07, 6.45) is 0. The molecule has 0 heterocycles. The quantitative estimate of drug-likeness (QED) is 0.808. The normalized spacial score (nSPS) is 12.4. The van der Waals surface area contributed by atoms with Gasteiger partial charge in [0, 0.05) is 22.6 Å². The summed E-state index contributed by atoms with van der Waals surface area (Å²) in [7, 11) is 0. The Balaban J connectivity index is 2.08. The molecule has 0 aliphatic rings. The molecule has 1 unspecified atom stereocenters. The summed E-state index contributed by atoms with van der Waals surface area (Å²) in [6, 6.07) is 10.3. The van der Waals surface area contributed by atoms with Crippen LogP contribution >= 0.6 is 23.2 Å². The fourth-order valence-corrected chi connectivity index (χ4v) is 2.63. The van der Waals surface area contributed by atoms with Crippen molar-refractivity contribution in [1.29, 1.82) is 0 Å². The van der Waals surface area contributed by atoms with Crippen molar-refractivity contribution in [3.05, 3.63) is 69.0 Å². The third kappa shape index (κ3) is 3.72. The maximum absolute atomic E-state index is 13.2. The fourth-order valence-electron chi connectivity index (χ4n) is 2.06. The second kappa shape index (κ2) is 6.57. The monoisotopic (exact) mass is 311 g/mol. The number of hydrogen-bond acceptors (Lipinski definition) is 1. The zero-order chi connectivity index (χ0) is 14.7. The maximum Gasteiger partial charge on any atom is 0.123 e. The molecule has 2 aromatic rings. The van der Waals surface area contributed by atoms with Crippen LogP contribution in [0, 0.1) is 12.7 Å². The van der Waals surface area contributed by atoms with E-state index in [2.05, 4.69) is 5.32 Å². The van der Waals surface area contributed by atoms with E-state index >= 15 is 0 Å². The molecular weight excluding hydrogens is 296 g/mol. The Kier molecular flexibility index (Phi) is 5.03. The molecule has 0 fully saturated rings. The Labute approximate surface area is 128 Å². The maximum atomic E-state index is 13.2. The Morgan fingerprint density at radius 1 is 1.15 bits per heavy atom. The van der Waals surface area contributed by atoms with Gasteiger partial charge in [0.25, 0.3) is 0 Å². The van der Waals surface area contributed by atoms with Crippen LogP contribution in [0.25, 0.3) is 0 Å². The number of rotatable bonds is 4. The van der Waals surface area contributed by atoms with Crippen LogP contribution in [0.2, 0.25) is 10.0 Å². The van der Waals surface area contributed by atoms with Crippen LogP contribution in [0.15, 0.2) is 36.4 Å². The van der Waals surface area contributed by atoms with E-state index in [1.807, 2.05) is 26.0 Å². The highest BCUT2D eigenvalue weighted by Gasteiger charge is 2.10. The molecule has 4 heteroatoms. The highest BCUT2D eigenvalue weighted by molar-refractivity contribution is 6.35. The summed E-state index contributed by atoms with van der Waals surface area (Å²) >= 11 is 12.1. The molecule has 0 saturated carbocycles.